The Kier molecular flexibility index (Phi) is 4.09. The number of para-hydroxylation sites is 2. The Labute approximate surface area is 167 Å². The third-order valence-electron chi connectivity index (χ3n) is 5.59. The predicted octanol–water partition coefficient (Wildman–Crippen LogP) is 0.610. The first-order chi connectivity index (χ1) is 13.9. The third kappa shape index (κ3) is 2.87. The van der Waals surface area contributed by atoms with Gasteiger partial charge < -0.3 is 18.8 Å². The summed E-state index contributed by atoms with van der Waals surface area (Å²) in [6.07, 6.45) is 2.89. The highest BCUT2D eigenvalue weighted by molar-refractivity contribution is 7.92. The van der Waals surface area contributed by atoms with E-state index in [1.54, 1.807) is 11.9 Å². The number of oxazole rings is 1. The van der Waals surface area contributed by atoms with Crippen LogP contribution in [0.15, 0.2) is 40.2 Å². The monoisotopic (exact) mass is 416 g/mol. The van der Waals surface area contributed by atoms with Gasteiger partial charge in [0.15, 0.2) is 5.58 Å². The SMILES string of the molecule is Cn1cnnc1S(=O)(=O)C1CN(C(=O)C2CCCN2c2nc3ccccc3o2)C1. The van der Waals surface area contributed by atoms with Gasteiger partial charge in [-0.3, -0.25) is 4.79 Å². The molecule has 5 rings (SSSR count). The molecule has 152 valence electrons. The van der Waals surface area contributed by atoms with Gasteiger partial charge in [0.1, 0.15) is 23.1 Å². The highest BCUT2D eigenvalue weighted by Crippen LogP contribution is 2.31. The summed E-state index contributed by atoms with van der Waals surface area (Å²) in [6.45, 7) is 0.996. The summed E-state index contributed by atoms with van der Waals surface area (Å²) in [5.74, 6) is -0.0887. The summed E-state index contributed by atoms with van der Waals surface area (Å²) >= 11 is 0. The minimum absolute atomic E-state index is 0.0661. The zero-order valence-electron chi connectivity index (χ0n) is 15.8. The predicted molar refractivity (Wildman–Crippen MR) is 103 cm³/mol. The molecule has 1 atom stereocenters. The molecule has 29 heavy (non-hydrogen) atoms. The lowest BCUT2D eigenvalue weighted by Crippen LogP contribution is -2.60. The van der Waals surface area contributed by atoms with E-state index in [1.165, 1.54) is 10.9 Å². The fraction of sp³-hybridized carbons (Fsp3) is 0.444. The second-order valence-electron chi connectivity index (χ2n) is 7.45. The smallest absolute Gasteiger partial charge is 0.299 e. The molecule has 1 unspecified atom stereocenters. The van der Waals surface area contributed by atoms with Crippen LogP contribution < -0.4 is 4.90 Å². The number of hydrogen-bond donors (Lipinski definition) is 0. The van der Waals surface area contributed by atoms with Crippen LogP contribution >= 0.6 is 0 Å². The Morgan fingerprint density at radius 1 is 1.24 bits per heavy atom. The number of carbonyl (C=O) groups excluding carboxylic acids is 1. The molecule has 0 radical (unpaired) electrons. The highest BCUT2D eigenvalue weighted by Gasteiger charge is 2.46. The molecular weight excluding hydrogens is 396 g/mol. The number of rotatable bonds is 4. The largest absolute Gasteiger partial charge is 0.423 e. The molecule has 2 aliphatic rings. The molecular formula is C18H20N6O4S. The van der Waals surface area contributed by atoms with Gasteiger partial charge in [-0.15, -0.1) is 10.2 Å². The molecule has 1 aromatic carbocycles. The maximum absolute atomic E-state index is 13.0. The minimum Gasteiger partial charge on any atom is -0.423 e. The van der Waals surface area contributed by atoms with Crippen molar-refractivity contribution in [1.82, 2.24) is 24.6 Å². The first-order valence-corrected chi connectivity index (χ1v) is 11.0. The highest BCUT2D eigenvalue weighted by atomic mass is 32.2. The van der Waals surface area contributed by atoms with Gasteiger partial charge in [0.25, 0.3) is 6.01 Å². The maximum Gasteiger partial charge on any atom is 0.299 e. The summed E-state index contributed by atoms with van der Waals surface area (Å²) in [5, 5.41) is 6.61. The quantitative estimate of drug-likeness (QED) is 0.608. The van der Waals surface area contributed by atoms with Gasteiger partial charge in [0, 0.05) is 26.7 Å². The molecule has 0 bridgehead atoms. The molecule has 11 heteroatoms. The van der Waals surface area contributed by atoms with E-state index in [2.05, 4.69) is 15.2 Å². The lowest BCUT2D eigenvalue weighted by atomic mass is 10.1. The van der Waals surface area contributed by atoms with Crippen LogP contribution in [0.1, 0.15) is 12.8 Å². The molecule has 2 aliphatic heterocycles. The molecule has 0 aliphatic carbocycles. The Morgan fingerprint density at radius 3 is 2.76 bits per heavy atom. The van der Waals surface area contributed by atoms with E-state index >= 15 is 0 Å². The zero-order chi connectivity index (χ0) is 20.2. The molecule has 1 amide bonds. The zero-order valence-corrected chi connectivity index (χ0v) is 16.6. The summed E-state index contributed by atoms with van der Waals surface area (Å²) in [5.41, 5.74) is 1.43. The van der Waals surface area contributed by atoms with Crippen LogP contribution in [0.2, 0.25) is 0 Å². The average molecular weight is 416 g/mol. The Bertz CT molecular complexity index is 1150. The fourth-order valence-corrected chi connectivity index (χ4v) is 5.60. The topological polar surface area (TPSA) is 114 Å². The molecule has 10 nitrogen and oxygen atoms in total. The van der Waals surface area contributed by atoms with E-state index in [-0.39, 0.29) is 30.2 Å². The van der Waals surface area contributed by atoms with Crippen molar-refractivity contribution in [1.29, 1.82) is 0 Å². The van der Waals surface area contributed by atoms with Crippen LogP contribution in [0.25, 0.3) is 11.1 Å². The van der Waals surface area contributed by atoms with Crippen molar-refractivity contribution in [2.45, 2.75) is 29.3 Å². The van der Waals surface area contributed by atoms with Crippen molar-refractivity contribution in [3.8, 4) is 0 Å². The lowest BCUT2D eigenvalue weighted by molar-refractivity contribution is -0.135. The maximum atomic E-state index is 13.0. The van der Waals surface area contributed by atoms with E-state index in [9.17, 15) is 13.2 Å². The minimum atomic E-state index is -3.61. The van der Waals surface area contributed by atoms with E-state index in [4.69, 9.17) is 4.42 Å². The van der Waals surface area contributed by atoms with E-state index in [0.717, 1.165) is 11.9 Å². The number of carbonyl (C=O) groups is 1. The molecule has 4 heterocycles. The fourth-order valence-electron chi connectivity index (χ4n) is 3.94. The van der Waals surface area contributed by atoms with Crippen molar-refractivity contribution in [3.63, 3.8) is 0 Å². The number of amides is 1. The summed E-state index contributed by atoms with van der Waals surface area (Å²) in [6, 6.07) is 7.52. The number of hydrogen-bond acceptors (Lipinski definition) is 8. The van der Waals surface area contributed by atoms with Gasteiger partial charge in [-0.25, -0.2) is 8.42 Å². The van der Waals surface area contributed by atoms with Crippen molar-refractivity contribution in [2.75, 3.05) is 24.5 Å². The summed E-state index contributed by atoms with van der Waals surface area (Å²) in [4.78, 5) is 21.0. The molecule has 3 aromatic rings. The van der Waals surface area contributed by atoms with Crippen LogP contribution in [-0.2, 0) is 21.7 Å². The Balaban J connectivity index is 1.30. The van der Waals surface area contributed by atoms with Crippen molar-refractivity contribution >= 4 is 32.9 Å². The van der Waals surface area contributed by atoms with Gasteiger partial charge >= 0.3 is 0 Å². The number of benzene rings is 1. The summed E-state index contributed by atoms with van der Waals surface area (Å²) in [7, 11) is -2.02. The lowest BCUT2D eigenvalue weighted by Gasteiger charge is -2.40. The second kappa shape index (κ2) is 6.55. The van der Waals surface area contributed by atoms with Gasteiger partial charge in [0.2, 0.25) is 20.9 Å². The van der Waals surface area contributed by atoms with E-state index in [1.807, 2.05) is 29.2 Å². The van der Waals surface area contributed by atoms with Crippen LogP contribution in [0, 0.1) is 0 Å². The van der Waals surface area contributed by atoms with Crippen LogP contribution in [0.3, 0.4) is 0 Å². The molecule has 0 spiro atoms. The number of anilines is 1. The number of aryl methyl sites for hydroxylation is 1. The van der Waals surface area contributed by atoms with Crippen LogP contribution in [0.5, 0.6) is 0 Å². The molecule has 2 saturated heterocycles. The Morgan fingerprint density at radius 2 is 2.03 bits per heavy atom. The number of fused-ring (bicyclic) bond motifs is 1. The van der Waals surface area contributed by atoms with Crippen molar-refractivity contribution in [2.24, 2.45) is 7.05 Å². The van der Waals surface area contributed by atoms with Crippen LogP contribution in [0.4, 0.5) is 6.01 Å². The van der Waals surface area contributed by atoms with Crippen LogP contribution in [-0.4, -0.2) is 69.9 Å². The number of likely N-dealkylation sites (tertiary alicyclic amines) is 1. The number of sulfone groups is 1. The molecule has 0 N–H and O–H groups in total. The summed E-state index contributed by atoms with van der Waals surface area (Å²) < 4.78 is 32.6. The molecule has 0 saturated carbocycles. The van der Waals surface area contributed by atoms with Gasteiger partial charge in [-0.2, -0.15) is 4.98 Å². The third-order valence-corrected chi connectivity index (χ3v) is 7.64. The van der Waals surface area contributed by atoms with Gasteiger partial charge in [-0.1, -0.05) is 12.1 Å². The normalized spacial score (nSPS) is 20.4. The molecule has 2 aromatic heterocycles. The second-order valence-corrected chi connectivity index (χ2v) is 9.57. The van der Waals surface area contributed by atoms with E-state index in [0.29, 0.717) is 24.6 Å². The Hall–Kier alpha value is -2.95. The van der Waals surface area contributed by atoms with Gasteiger partial charge in [-0.05, 0) is 25.0 Å². The van der Waals surface area contributed by atoms with Gasteiger partial charge in [0.05, 0.1) is 0 Å². The van der Waals surface area contributed by atoms with Crippen molar-refractivity contribution in [3.05, 3.63) is 30.6 Å². The number of nitrogens with zero attached hydrogens (tertiary/aromatic N) is 6. The average Bonchev–Trinajstić information content (AvgIpc) is 3.38. The first-order valence-electron chi connectivity index (χ1n) is 9.44. The number of aromatic nitrogens is 4. The van der Waals surface area contributed by atoms with E-state index < -0.39 is 15.1 Å². The first kappa shape index (κ1) is 18.1. The standard InChI is InChI=1S/C18H20N6O4S/c1-22-11-19-21-18(22)29(26,27)12-9-23(10-12)16(25)14-6-4-8-24(14)17-20-13-5-2-3-7-15(13)28-17/h2-3,5,7,11-12,14H,4,6,8-10H2,1H3. The van der Waals surface area contributed by atoms with Crippen molar-refractivity contribution < 1.29 is 17.6 Å². The molecule has 2 fully saturated rings.